The summed E-state index contributed by atoms with van der Waals surface area (Å²) in [6.07, 6.45) is 0. The Labute approximate surface area is 59.7 Å². The van der Waals surface area contributed by atoms with Gasteiger partial charge in [-0.15, -0.1) is 0 Å². The van der Waals surface area contributed by atoms with Gasteiger partial charge in [0.1, 0.15) is 0 Å². The zero-order valence-corrected chi connectivity index (χ0v) is 7.86. The van der Waals surface area contributed by atoms with Crippen molar-refractivity contribution in [3.63, 3.8) is 0 Å². The Bertz CT molecular complexity index is 9.61. The van der Waals surface area contributed by atoms with Crippen LogP contribution in [0, 0.1) is 0 Å². The van der Waals surface area contributed by atoms with Gasteiger partial charge in [-0.1, -0.05) is 0 Å². The summed E-state index contributed by atoms with van der Waals surface area (Å²) in [5.41, 5.74) is 0. The molecule has 1 nitrogen and oxygen atoms in total. The summed E-state index contributed by atoms with van der Waals surface area (Å²) in [5, 5.41) is 0. The minimum Gasteiger partial charge on any atom is -1.00 e. The largest absolute Gasteiger partial charge is 1.00 e. The predicted octanol–water partition coefficient (Wildman–Crippen LogP) is -6.32. The number of nitrogens with one attached hydrogen (secondary N) is 1. The van der Waals surface area contributed by atoms with E-state index < -0.39 is 0 Å². The number of halogens is 2. The summed E-state index contributed by atoms with van der Waals surface area (Å²) in [6.45, 7) is 0. The fraction of sp³-hybridized carbons (Fsp3) is 1.00. The minimum atomic E-state index is 0. The Morgan fingerprint density at radius 3 is 1.40 bits per heavy atom. The fourth-order valence-electron chi connectivity index (χ4n) is 0. The molecule has 0 rings (SSSR count). The van der Waals surface area contributed by atoms with Gasteiger partial charge in [0, 0.05) is 0 Å². The molecule has 0 radical (unpaired) electrons. The molecule has 0 amide bonds. The Morgan fingerprint density at radius 1 is 1.40 bits per heavy atom. The van der Waals surface area contributed by atoms with Crippen LogP contribution in [-0.4, -0.2) is 7.05 Å². The zero-order chi connectivity index (χ0) is 2.71. The van der Waals surface area contributed by atoms with E-state index in [1.165, 1.54) is 0 Å². The number of hydrogen-bond acceptors (Lipinski definition) is 1. The Morgan fingerprint density at radius 2 is 1.40 bits per heavy atom. The molecule has 0 aliphatic heterocycles. The van der Waals surface area contributed by atoms with Crippen LogP contribution in [0.1, 0.15) is 0 Å². The van der Waals surface area contributed by atoms with E-state index in [0.29, 0.717) is 0 Å². The van der Waals surface area contributed by atoms with Crippen LogP contribution in [0.15, 0.2) is 0 Å². The fourth-order valence-corrected chi connectivity index (χ4v) is 0. The molecule has 0 heterocycles. The third kappa shape index (κ3) is 31.6. The molecule has 0 saturated carbocycles. The van der Waals surface area contributed by atoms with Crippen molar-refractivity contribution in [2.75, 3.05) is 7.05 Å². The Balaban J connectivity index is -0.0000000200. The monoisotopic (exact) mass is 280 g/mol. The first-order valence-electron chi connectivity index (χ1n) is 0.750. The molecule has 0 aromatic carbocycles. The van der Waals surface area contributed by atoms with Crippen molar-refractivity contribution in [1.29, 1.82) is 0 Å². The molecule has 0 fully saturated rings. The third-order valence-corrected chi connectivity index (χ3v) is 0. The SMILES string of the molecule is C[NH][Hf+2].[Cl-].[Cl-]. The maximum Gasteiger partial charge on any atom is -1.00 e. The van der Waals surface area contributed by atoms with Crippen molar-refractivity contribution in [2.24, 2.45) is 0 Å². The summed E-state index contributed by atoms with van der Waals surface area (Å²) < 4.78 is 2.89. The smallest absolute Gasteiger partial charge is 1.00 e. The van der Waals surface area contributed by atoms with Crippen molar-refractivity contribution in [2.45, 2.75) is 0 Å². The van der Waals surface area contributed by atoms with Crippen LogP contribution < -0.4 is 28.1 Å². The van der Waals surface area contributed by atoms with Crippen LogP contribution in [-0.2, 0) is 24.7 Å². The van der Waals surface area contributed by atoms with Crippen LogP contribution >= 0.6 is 0 Å². The van der Waals surface area contributed by atoms with Crippen molar-refractivity contribution in [1.82, 2.24) is 3.30 Å². The topological polar surface area (TPSA) is 12.0 Å². The molecule has 0 aromatic heterocycles. The van der Waals surface area contributed by atoms with E-state index in [1.54, 1.807) is 0 Å². The van der Waals surface area contributed by atoms with Gasteiger partial charge in [-0.25, -0.2) is 0 Å². The number of hydrogen-bond donors (Lipinski definition) is 1. The molecule has 0 saturated heterocycles. The van der Waals surface area contributed by atoms with E-state index >= 15 is 0 Å². The van der Waals surface area contributed by atoms with Crippen molar-refractivity contribution in [3.8, 4) is 0 Å². The standard InChI is InChI=1S/CH4N.2ClH.Hf/c1-2;;;/h2H,1H3;2*1H;/q-1;;;+3/p-2. The second kappa shape index (κ2) is 18.1. The van der Waals surface area contributed by atoms with Crippen molar-refractivity contribution >= 4 is 0 Å². The first-order chi connectivity index (χ1) is 1.41. The molecule has 0 aromatic rings. The van der Waals surface area contributed by atoms with Crippen LogP contribution in [0.5, 0.6) is 0 Å². The third-order valence-electron chi connectivity index (χ3n) is 0. The van der Waals surface area contributed by atoms with E-state index in [0.717, 1.165) is 24.7 Å². The maximum atomic E-state index is 2.89. The summed E-state index contributed by atoms with van der Waals surface area (Å²) >= 11 is 1.12. The maximum absolute atomic E-state index is 2.89. The molecule has 0 aliphatic rings. The molecule has 0 aliphatic carbocycles. The van der Waals surface area contributed by atoms with Gasteiger partial charge in [0.25, 0.3) is 0 Å². The summed E-state index contributed by atoms with van der Waals surface area (Å²) in [6, 6.07) is 0. The molecule has 0 spiro atoms. The molecule has 1 N–H and O–H groups in total. The Hall–Kier alpha value is 1.41. The van der Waals surface area contributed by atoms with E-state index in [9.17, 15) is 0 Å². The first-order valence-corrected chi connectivity index (χ1v) is 2.55. The molecule has 31 valence electrons. The van der Waals surface area contributed by atoms with Crippen LogP contribution in [0.2, 0.25) is 0 Å². The van der Waals surface area contributed by atoms with Crippen LogP contribution in [0.4, 0.5) is 0 Å². The van der Waals surface area contributed by atoms with Crippen LogP contribution in [0.25, 0.3) is 0 Å². The van der Waals surface area contributed by atoms with Gasteiger partial charge in [0.2, 0.25) is 0 Å². The van der Waals surface area contributed by atoms with Gasteiger partial charge in [-0.05, 0) is 0 Å². The molecular weight excluding hydrogens is 275 g/mol. The number of rotatable bonds is 0. The van der Waals surface area contributed by atoms with E-state index in [1.807, 2.05) is 7.05 Å². The van der Waals surface area contributed by atoms with Gasteiger partial charge in [0.05, 0.1) is 0 Å². The van der Waals surface area contributed by atoms with E-state index in [4.69, 9.17) is 0 Å². The van der Waals surface area contributed by atoms with E-state index in [2.05, 4.69) is 3.30 Å². The second-order valence-electron chi connectivity index (χ2n) is 0.250. The van der Waals surface area contributed by atoms with Gasteiger partial charge in [0.15, 0.2) is 0 Å². The van der Waals surface area contributed by atoms with E-state index in [-0.39, 0.29) is 24.8 Å². The van der Waals surface area contributed by atoms with Gasteiger partial charge in [-0.3, -0.25) is 0 Å². The molecular formula is CH4Cl2HfN. The normalized spacial score (nSPS) is 3.80. The molecule has 4 heteroatoms. The minimum absolute atomic E-state index is 0. The van der Waals surface area contributed by atoms with Crippen molar-refractivity contribution in [3.05, 3.63) is 0 Å². The average molecular weight is 279 g/mol. The summed E-state index contributed by atoms with van der Waals surface area (Å²) in [4.78, 5) is 0. The first kappa shape index (κ1) is 16.1. The quantitative estimate of drug-likeness (QED) is 0.435. The second-order valence-corrected chi connectivity index (χ2v) is 2.05. The molecule has 0 unspecified atom stereocenters. The summed E-state index contributed by atoms with van der Waals surface area (Å²) in [7, 11) is 1.94. The van der Waals surface area contributed by atoms with Gasteiger partial charge < -0.3 is 24.8 Å². The average Bonchev–Trinajstić information content (AvgIpc) is 0.918. The molecule has 0 atom stereocenters. The zero-order valence-electron chi connectivity index (χ0n) is 2.76. The van der Waals surface area contributed by atoms with Crippen molar-refractivity contribution < 1.29 is 49.5 Å². The van der Waals surface area contributed by atoms with Gasteiger partial charge in [-0.2, -0.15) is 0 Å². The van der Waals surface area contributed by atoms with Gasteiger partial charge >= 0.3 is 35.0 Å². The Kier molecular flexibility index (Phi) is 58.5. The molecule has 5 heavy (non-hydrogen) atoms. The summed E-state index contributed by atoms with van der Waals surface area (Å²) in [5.74, 6) is 0. The molecule has 0 bridgehead atoms. The predicted molar refractivity (Wildman–Crippen MR) is 9.06 cm³/mol. The van der Waals surface area contributed by atoms with Crippen LogP contribution in [0.3, 0.4) is 0 Å².